The second kappa shape index (κ2) is 5.51. The highest BCUT2D eigenvalue weighted by atomic mass is 19.1. The number of cyclic esters (lactones) is 1. The van der Waals surface area contributed by atoms with E-state index in [1.165, 1.54) is 6.07 Å². The number of pyridine rings is 2. The molecule has 3 aliphatic rings. The van der Waals surface area contributed by atoms with Crippen LogP contribution < -0.4 is 11.3 Å². The fourth-order valence-corrected chi connectivity index (χ4v) is 5.10. The molecule has 146 valence electrons. The fourth-order valence-electron chi connectivity index (χ4n) is 5.10. The summed E-state index contributed by atoms with van der Waals surface area (Å²) in [4.78, 5) is 29.6. The van der Waals surface area contributed by atoms with E-state index in [1.54, 1.807) is 11.5 Å². The molecule has 29 heavy (non-hydrogen) atoms. The topological polar surface area (TPSA) is 87.2 Å². The van der Waals surface area contributed by atoms with Crippen LogP contribution in [0, 0.1) is 12.7 Å². The molecule has 0 saturated heterocycles. The van der Waals surface area contributed by atoms with Crippen LogP contribution in [0.5, 0.6) is 0 Å². The number of aromatic nitrogens is 2. The average Bonchev–Trinajstić information content (AvgIpc) is 3.05. The second-order valence-corrected chi connectivity index (χ2v) is 8.12. The quantitative estimate of drug-likeness (QED) is 0.465. The van der Waals surface area contributed by atoms with Crippen LogP contribution in [0.2, 0.25) is 0 Å². The van der Waals surface area contributed by atoms with Crippen LogP contribution in [0.15, 0.2) is 16.9 Å². The highest BCUT2D eigenvalue weighted by molar-refractivity contribution is 5.93. The zero-order valence-electron chi connectivity index (χ0n) is 15.8. The van der Waals surface area contributed by atoms with Gasteiger partial charge in [0, 0.05) is 23.1 Å². The monoisotopic (exact) mass is 391 g/mol. The van der Waals surface area contributed by atoms with Gasteiger partial charge in [0.2, 0.25) is 0 Å². The minimum Gasteiger partial charge on any atom is -0.460 e. The number of carbonyl (C=O) groups is 1. The molecule has 2 N–H and O–H groups in total. The number of fused-ring (bicyclic) bond motifs is 5. The van der Waals surface area contributed by atoms with E-state index < -0.39 is 0 Å². The Morgan fingerprint density at radius 3 is 2.90 bits per heavy atom. The summed E-state index contributed by atoms with van der Waals surface area (Å²) in [5.74, 6) is -0.615. The van der Waals surface area contributed by atoms with Gasteiger partial charge in [0.05, 0.1) is 35.4 Å². The maximum absolute atomic E-state index is 14.6. The number of hydrogen-bond acceptors (Lipinski definition) is 5. The lowest BCUT2D eigenvalue weighted by atomic mass is 9.82. The first-order chi connectivity index (χ1) is 13.9. The van der Waals surface area contributed by atoms with E-state index in [-0.39, 0.29) is 36.4 Å². The Kier molecular flexibility index (Phi) is 3.20. The van der Waals surface area contributed by atoms with Gasteiger partial charge in [0.25, 0.3) is 5.56 Å². The lowest BCUT2D eigenvalue weighted by molar-refractivity contribution is -0.145. The van der Waals surface area contributed by atoms with Gasteiger partial charge in [-0.05, 0) is 48.1 Å². The molecule has 0 spiro atoms. The number of nitrogens with two attached hydrogens (primary N) is 1. The van der Waals surface area contributed by atoms with Crippen LogP contribution >= 0.6 is 0 Å². The first-order valence-electron chi connectivity index (χ1n) is 9.75. The van der Waals surface area contributed by atoms with Gasteiger partial charge in [-0.3, -0.25) is 9.59 Å². The van der Waals surface area contributed by atoms with Crippen molar-refractivity contribution in [1.82, 2.24) is 9.55 Å². The van der Waals surface area contributed by atoms with E-state index in [9.17, 15) is 14.0 Å². The van der Waals surface area contributed by atoms with Gasteiger partial charge in [-0.2, -0.15) is 0 Å². The van der Waals surface area contributed by atoms with Crippen molar-refractivity contribution in [2.75, 3.05) is 0 Å². The number of carbonyl (C=O) groups excluding carboxylic acids is 1. The Morgan fingerprint density at radius 2 is 2.07 bits per heavy atom. The zero-order chi connectivity index (χ0) is 20.0. The Morgan fingerprint density at radius 1 is 1.24 bits per heavy atom. The zero-order valence-corrected chi connectivity index (χ0v) is 15.8. The van der Waals surface area contributed by atoms with E-state index in [2.05, 4.69) is 0 Å². The summed E-state index contributed by atoms with van der Waals surface area (Å²) in [6.07, 6.45) is 1.52. The summed E-state index contributed by atoms with van der Waals surface area (Å²) in [5.41, 5.74) is 13.0. The third-order valence-corrected chi connectivity index (χ3v) is 6.58. The molecule has 1 atom stereocenters. The summed E-state index contributed by atoms with van der Waals surface area (Å²) in [5, 5.41) is 0.936. The van der Waals surface area contributed by atoms with Crippen LogP contribution in [0.4, 0.5) is 4.39 Å². The van der Waals surface area contributed by atoms with Crippen LogP contribution in [-0.2, 0) is 35.5 Å². The molecule has 0 radical (unpaired) electrons. The van der Waals surface area contributed by atoms with Crippen molar-refractivity contribution in [3.8, 4) is 11.4 Å². The maximum Gasteiger partial charge on any atom is 0.310 e. The first kappa shape index (κ1) is 16.9. The predicted octanol–water partition coefficient (Wildman–Crippen LogP) is 2.42. The second-order valence-electron chi connectivity index (χ2n) is 8.12. The molecular weight excluding hydrogens is 373 g/mol. The van der Waals surface area contributed by atoms with Crippen molar-refractivity contribution in [3.63, 3.8) is 0 Å². The maximum atomic E-state index is 14.6. The van der Waals surface area contributed by atoms with E-state index in [0.29, 0.717) is 40.1 Å². The van der Waals surface area contributed by atoms with Gasteiger partial charge < -0.3 is 15.0 Å². The highest BCUT2D eigenvalue weighted by Gasteiger charge is 2.34. The van der Waals surface area contributed by atoms with E-state index in [4.69, 9.17) is 15.5 Å². The molecule has 2 aliphatic heterocycles. The molecule has 0 unspecified atom stereocenters. The molecule has 6 rings (SSSR count). The van der Waals surface area contributed by atoms with E-state index in [0.717, 1.165) is 34.9 Å². The van der Waals surface area contributed by atoms with Gasteiger partial charge >= 0.3 is 5.97 Å². The molecule has 0 bridgehead atoms. The number of esters is 1. The van der Waals surface area contributed by atoms with Gasteiger partial charge in [-0.25, -0.2) is 9.37 Å². The summed E-state index contributed by atoms with van der Waals surface area (Å²) in [6.45, 7) is 2.18. The van der Waals surface area contributed by atoms with Crippen molar-refractivity contribution in [2.24, 2.45) is 5.73 Å². The Labute approximate surface area is 165 Å². The van der Waals surface area contributed by atoms with E-state index in [1.807, 2.05) is 6.07 Å². The molecule has 0 saturated carbocycles. The molecule has 0 amide bonds. The fraction of sp³-hybridized carbons (Fsp3) is 0.318. The number of aryl methyl sites for hydroxylation is 1. The molecule has 3 aromatic rings. The van der Waals surface area contributed by atoms with Crippen molar-refractivity contribution in [1.29, 1.82) is 0 Å². The average molecular weight is 391 g/mol. The molecule has 1 aromatic carbocycles. The molecule has 2 aromatic heterocycles. The Balaban J connectivity index is 1.70. The van der Waals surface area contributed by atoms with Crippen molar-refractivity contribution >= 4 is 16.9 Å². The smallest absolute Gasteiger partial charge is 0.310 e. The molecule has 1 aliphatic carbocycles. The predicted molar refractivity (Wildman–Crippen MR) is 104 cm³/mol. The first-order valence-corrected chi connectivity index (χ1v) is 9.75. The largest absolute Gasteiger partial charge is 0.460 e. The van der Waals surface area contributed by atoms with Crippen LogP contribution in [0.3, 0.4) is 0 Å². The third kappa shape index (κ3) is 2.11. The normalized spacial score (nSPS) is 19.0. The number of halogens is 1. The third-order valence-electron chi connectivity index (χ3n) is 6.58. The van der Waals surface area contributed by atoms with E-state index >= 15 is 0 Å². The van der Waals surface area contributed by atoms with Crippen molar-refractivity contribution < 1.29 is 13.9 Å². The van der Waals surface area contributed by atoms with Crippen LogP contribution in [0.25, 0.3) is 22.3 Å². The summed E-state index contributed by atoms with van der Waals surface area (Å²) >= 11 is 0. The minimum absolute atomic E-state index is 0.0000451. The highest BCUT2D eigenvalue weighted by Crippen LogP contribution is 2.44. The van der Waals surface area contributed by atoms with Gasteiger partial charge in [-0.15, -0.1) is 0 Å². The summed E-state index contributed by atoms with van der Waals surface area (Å²) in [7, 11) is 0. The van der Waals surface area contributed by atoms with Gasteiger partial charge in [-0.1, -0.05) is 0 Å². The van der Waals surface area contributed by atoms with Crippen LogP contribution in [0.1, 0.15) is 45.8 Å². The lowest BCUT2D eigenvalue weighted by Gasteiger charge is -2.26. The summed E-state index contributed by atoms with van der Waals surface area (Å²) < 4.78 is 21.3. The molecule has 4 heterocycles. The van der Waals surface area contributed by atoms with Crippen molar-refractivity contribution in [3.05, 3.63) is 61.7 Å². The number of rotatable bonds is 0. The number of ether oxygens (including phenoxy) is 1. The van der Waals surface area contributed by atoms with Crippen LogP contribution in [-0.4, -0.2) is 15.5 Å². The standard InChI is InChI=1S/C22H18FN3O3/c1-9-11-2-3-15(24)19-12-7-26-17(21(12)25-16(20(11)19)6-14(9)23)4-10-5-18(27)29-8-13(10)22(26)28/h4,6,15H,2-3,5,7-8,24H2,1H3/t15-/m0/s1. The summed E-state index contributed by atoms with van der Waals surface area (Å²) in [6, 6.07) is 3.14. The number of benzene rings is 1. The lowest BCUT2D eigenvalue weighted by Crippen LogP contribution is -2.30. The van der Waals surface area contributed by atoms with Gasteiger partial charge in [0.15, 0.2) is 0 Å². The molecule has 6 nitrogen and oxygen atoms in total. The Hall–Kier alpha value is -3.06. The minimum atomic E-state index is -0.342. The van der Waals surface area contributed by atoms with Gasteiger partial charge in [0.1, 0.15) is 12.4 Å². The molecule has 7 heteroatoms. The Bertz CT molecular complexity index is 1340. The SMILES string of the molecule is Cc1c(F)cc2nc3c(c4c2c1CC[C@@H]4N)Cn1c-3cc2c(c1=O)COC(=O)C2. The molecule has 0 fully saturated rings. The molecular formula is C22H18FN3O3. The number of nitrogens with zero attached hydrogens (tertiary/aromatic N) is 2. The number of hydrogen-bond donors (Lipinski definition) is 1. The van der Waals surface area contributed by atoms with Crippen molar-refractivity contribution in [2.45, 2.75) is 45.4 Å².